The molecule has 1 aliphatic rings. The van der Waals surface area contributed by atoms with Crippen molar-refractivity contribution in [1.82, 2.24) is 0 Å². The van der Waals surface area contributed by atoms with E-state index >= 15 is 0 Å². The smallest absolute Gasteiger partial charge is 0.161 e. The van der Waals surface area contributed by atoms with Gasteiger partial charge in [0.1, 0.15) is 0 Å². The van der Waals surface area contributed by atoms with Crippen molar-refractivity contribution in [3.8, 4) is 11.5 Å². The zero-order valence-electron chi connectivity index (χ0n) is 16.5. The average molecular weight is 498 g/mol. The molecule has 3 aromatic rings. The van der Waals surface area contributed by atoms with E-state index in [1.165, 1.54) is 3.57 Å². The molecule has 1 heterocycles. The predicted octanol–water partition coefficient (Wildman–Crippen LogP) is 6.05. The summed E-state index contributed by atoms with van der Waals surface area (Å²) in [6, 6.07) is 25.1. The highest BCUT2D eigenvalue weighted by Gasteiger charge is 2.30. The van der Waals surface area contributed by atoms with Crippen molar-refractivity contribution in [2.75, 3.05) is 18.7 Å². The lowest BCUT2D eigenvalue weighted by atomic mass is 9.98. The van der Waals surface area contributed by atoms with Crippen molar-refractivity contribution in [3.63, 3.8) is 0 Å². The number of methoxy groups -OCH3 is 1. The molecule has 0 aromatic heterocycles. The van der Waals surface area contributed by atoms with Crippen LogP contribution in [0.2, 0.25) is 0 Å². The Bertz CT molecular complexity index is 1000. The molecule has 0 fully saturated rings. The summed E-state index contributed by atoms with van der Waals surface area (Å²) >= 11 is 2.33. The summed E-state index contributed by atoms with van der Waals surface area (Å²) in [5.41, 5.74) is 4.47. The number of benzene rings is 3. The second kappa shape index (κ2) is 8.86. The maximum absolute atomic E-state index is 5.69. The zero-order chi connectivity index (χ0) is 20.2. The maximum Gasteiger partial charge on any atom is 0.161 e. The molecule has 1 unspecified atom stereocenters. The molecule has 0 N–H and O–H groups in total. The van der Waals surface area contributed by atoms with E-state index in [4.69, 9.17) is 14.6 Å². The number of rotatable bonds is 6. The Kier molecular flexibility index (Phi) is 6.04. The average Bonchev–Trinajstić information content (AvgIpc) is 3.21. The van der Waals surface area contributed by atoms with Crippen LogP contribution in [-0.2, 0) is 0 Å². The minimum absolute atomic E-state index is 0.0924. The van der Waals surface area contributed by atoms with Gasteiger partial charge in [-0.1, -0.05) is 36.4 Å². The van der Waals surface area contributed by atoms with Crippen LogP contribution in [-0.4, -0.2) is 19.4 Å². The third kappa shape index (κ3) is 4.24. The highest BCUT2D eigenvalue weighted by Crippen LogP contribution is 2.39. The van der Waals surface area contributed by atoms with E-state index in [-0.39, 0.29) is 6.04 Å². The van der Waals surface area contributed by atoms with Gasteiger partial charge in [-0.2, -0.15) is 5.10 Å². The number of anilines is 1. The molecule has 0 spiro atoms. The highest BCUT2D eigenvalue weighted by molar-refractivity contribution is 14.1. The first kappa shape index (κ1) is 19.8. The van der Waals surface area contributed by atoms with Gasteiger partial charge in [0.15, 0.2) is 11.5 Å². The molecule has 3 aromatic carbocycles. The van der Waals surface area contributed by atoms with Crippen LogP contribution in [0.1, 0.15) is 30.5 Å². The first-order valence-corrected chi connectivity index (χ1v) is 10.8. The predicted molar refractivity (Wildman–Crippen MR) is 126 cm³/mol. The number of hydrazone groups is 1. The van der Waals surface area contributed by atoms with Crippen LogP contribution in [0.4, 0.5) is 5.69 Å². The standard InChI is InChI=1S/C24H23IN2O2/c1-3-29-23-14-9-18(15-24(23)28-2)22-16-21(17-7-5-4-6-8-17)26-27(22)20-12-10-19(25)11-13-20/h4-15,22H,3,16H2,1-2H3. The van der Waals surface area contributed by atoms with Gasteiger partial charge in [-0.15, -0.1) is 0 Å². The first-order valence-electron chi connectivity index (χ1n) is 9.68. The molecule has 0 aliphatic carbocycles. The molecule has 0 amide bonds. The van der Waals surface area contributed by atoms with Gasteiger partial charge in [0.2, 0.25) is 0 Å². The van der Waals surface area contributed by atoms with Gasteiger partial charge in [-0.05, 0) is 77.0 Å². The lowest BCUT2D eigenvalue weighted by Crippen LogP contribution is -2.18. The van der Waals surface area contributed by atoms with E-state index in [9.17, 15) is 0 Å². The van der Waals surface area contributed by atoms with Gasteiger partial charge in [0, 0.05) is 9.99 Å². The SMILES string of the molecule is CCOc1ccc(C2CC(c3ccccc3)=NN2c2ccc(I)cc2)cc1OC. The number of halogens is 1. The largest absolute Gasteiger partial charge is 0.493 e. The minimum Gasteiger partial charge on any atom is -0.493 e. The number of hydrogen-bond acceptors (Lipinski definition) is 4. The first-order chi connectivity index (χ1) is 14.2. The van der Waals surface area contributed by atoms with E-state index in [1.54, 1.807) is 7.11 Å². The van der Waals surface area contributed by atoms with Crippen molar-refractivity contribution >= 4 is 34.0 Å². The van der Waals surface area contributed by atoms with Gasteiger partial charge >= 0.3 is 0 Å². The Morgan fingerprint density at radius 1 is 1.00 bits per heavy atom. The summed E-state index contributed by atoms with van der Waals surface area (Å²) in [4.78, 5) is 0. The van der Waals surface area contributed by atoms with Crippen LogP contribution < -0.4 is 14.5 Å². The van der Waals surface area contributed by atoms with Gasteiger partial charge in [-0.25, -0.2) is 0 Å². The molecule has 0 radical (unpaired) electrons. The lowest BCUT2D eigenvalue weighted by Gasteiger charge is -2.25. The molecule has 4 nitrogen and oxygen atoms in total. The summed E-state index contributed by atoms with van der Waals surface area (Å²) in [5.74, 6) is 1.52. The number of nitrogens with zero attached hydrogens (tertiary/aromatic N) is 2. The summed E-state index contributed by atoms with van der Waals surface area (Å²) in [5, 5.41) is 7.12. The van der Waals surface area contributed by atoms with Gasteiger partial charge < -0.3 is 9.47 Å². The fourth-order valence-corrected chi connectivity index (χ4v) is 3.93. The van der Waals surface area contributed by atoms with E-state index < -0.39 is 0 Å². The second-order valence-electron chi connectivity index (χ2n) is 6.80. The van der Waals surface area contributed by atoms with Crippen molar-refractivity contribution in [2.24, 2.45) is 5.10 Å². The molecule has 4 rings (SSSR count). The Labute approximate surface area is 185 Å². The topological polar surface area (TPSA) is 34.1 Å². The lowest BCUT2D eigenvalue weighted by molar-refractivity contribution is 0.310. The summed E-state index contributed by atoms with van der Waals surface area (Å²) in [6.07, 6.45) is 0.827. The van der Waals surface area contributed by atoms with Crippen LogP contribution in [0.3, 0.4) is 0 Å². The molecular formula is C24H23IN2O2. The number of hydrogen-bond donors (Lipinski definition) is 0. The van der Waals surface area contributed by atoms with Crippen molar-refractivity contribution < 1.29 is 9.47 Å². The maximum atomic E-state index is 5.69. The molecular weight excluding hydrogens is 475 g/mol. The summed E-state index contributed by atoms with van der Waals surface area (Å²) < 4.78 is 12.5. The molecule has 0 saturated heterocycles. The molecule has 0 saturated carbocycles. The van der Waals surface area contributed by atoms with E-state index in [0.717, 1.165) is 40.4 Å². The Balaban J connectivity index is 1.74. The molecule has 1 aliphatic heterocycles. The molecule has 1 atom stereocenters. The van der Waals surface area contributed by atoms with Crippen LogP contribution in [0.25, 0.3) is 0 Å². The summed E-state index contributed by atoms with van der Waals surface area (Å²) in [6.45, 7) is 2.58. The van der Waals surface area contributed by atoms with Gasteiger partial charge in [-0.3, -0.25) is 5.01 Å². The van der Waals surface area contributed by atoms with Crippen LogP contribution in [0.5, 0.6) is 11.5 Å². The van der Waals surface area contributed by atoms with Crippen LogP contribution in [0, 0.1) is 3.57 Å². The second-order valence-corrected chi connectivity index (χ2v) is 8.04. The molecule has 29 heavy (non-hydrogen) atoms. The fourth-order valence-electron chi connectivity index (χ4n) is 3.57. The van der Waals surface area contributed by atoms with Crippen LogP contribution >= 0.6 is 22.6 Å². The number of ether oxygens (including phenoxy) is 2. The summed E-state index contributed by atoms with van der Waals surface area (Å²) in [7, 11) is 1.68. The monoisotopic (exact) mass is 498 g/mol. The normalized spacial score (nSPS) is 15.9. The van der Waals surface area contributed by atoms with Crippen molar-refractivity contribution in [1.29, 1.82) is 0 Å². The molecule has 5 heteroatoms. The molecule has 148 valence electrons. The Morgan fingerprint density at radius 2 is 1.76 bits per heavy atom. The van der Waals surface area contributed by atoms with Crippen molar-refractivity contribution in [2.45, 2.75) is 19.4 Å². The van der Waals surface area contributed by atoms with Crippen LogP contribution in [0.15, 0.2) is 77.9 Å². The van der Waals surface area contributed by atoms with Crippen molar-refractivity contribution in [3.05, 3.63) is 87.5 Å². The van der Waals surface area contributed by atoms with Gasteiger partial charge in [0.05, 0.1) is 31.2 Å². The fraction of sp³-hybridized carbons (Fsp3) is 0.208. The highest BCUT2D eigenvalue weighted by atomic mass is 127. The zero-order valence-corrected chi connectivity index (χ0v) is 18.7. The molecule has 0 bridgehead atoms. The Hall–Kier alpha value is -2.54. The van der Waals surface area contributed by atoms with E-state index in [0.29, 0.717) is 6.61 Å². The third-order valence-corrected chi connectivity index (χ3v) is 5.70. The minimum atomic E-state index is 0.0924. The quantitative estimate of drug-likeness (QED) is 0.388. The Morgan fingerprint density at radius 3 is 2.45 bits per heavy atom. The third-order valence-electron chi connectivity index (χ3n) is 4.98. The van der Waals surface area contributed by atoms with Gasteiger partial charge in [0.25, 0.3) is 0 Å². The van der Waals surface area contributed by atoms with E-state index in [1.807, 2.05) is 19.1 Å². The van der Waals surface area contributed by atoms with E-state index in [2.05, 4.69) is 88.3 Å².